The molecule has 0 heterocycles. The molecule has 5 heteroatoms. The molecule has 0 bridgehead atoms. The Morgan fingerprint density at radius 2 is 1.89 bits per heavy atom. The van der Waals surface area contributed by atoms with E-state index < -0.39 is 0 Å². The van der Waals surface area contributed by atoms with E-state index in [2.05, 4.69) is 37.2 Å². The van der Waals surface area contributed by atoms with Crippen LogP contribution in [0.2, 0.25) is 5.02 Å². The number of nitrogens with one attached hydrogen (secondary N) is 1. The third kappa shape index (κ3) is 3.71. The molecule has 19 heavy (non-hydrogen) atoms. The molecular weight excluding hydrogens is 396 g/mol. The van der Waals surface area contributed by atoms with Gasteiger partial charge in [0.1, 0.15) is 5.82 Å². The Hall–Kier alpha value is -0.580. The maximum absolute atomic E-state index is 13.2. The number of benzene rings is 2. The average molecular weight is 408 g/mol. The second-order valence-corrected chi connectivity index (χ2v) is 6.34. The van der Waals surface area contributed by atoms with E-state index in [1.165, 1.54) is 6.07 Å². The molecule has 1 N–H and O–H groups in total. The van der Waals surface area contributed by atoms with E-state index >= 15 is 0 Å². The number of rotatable bonds is 3. The number of hydrogen-bond acceptors (Lipinski definition) is 1. The van der Waals surface area contributed by atoms with Gasteiger partial charge in [-0.25, -0.2) is 4.39 Å². The summed E-state index contributed by atoms with van der Waals surface area (Å²) in [5.41, 5.74) is 1.82. The molecular formula is C14H11Br2ClFN. The lowest BCUT2D eigenvalue weighted by atomic mass is 10.1. The zero-order chi connectivity index (χ0) is 14.0. The van der Waals surface area contributed by atoms with Crippen molar-refractivity contribution in [1.29, 1.82) is 0 Å². The van der Waals surface area contributed by atoms with E-state index in [0.29, 0.717) is 9.50 Å². The van der Waals surface area contributed by atoms with Crippen LogP contribution in [-0.2, 0) is 0 Å². The van der Waals surface area contributed by atoms with E-state index in [0.717, 1.165) is 15.7 Å². The van der Waals surface area contributed by atoms with Crippen molar-refractivity contribution in [2.75, 3.05) is 5.32 Å². The summed E-state index contributed by atoms with van der Waals surface area (Å²) in [7, 11) is 0. The Labute approximate surface area is 133 Å². The van der Waals surface area contributed by atoms with Crippen molar-refractivity contribution in [3.63, 3.8) is 0 Å². The first kappa shape index (κ1) is 14.8. The summed E-state index contributed by atoms with van der Waals surface area (Å²) in [6, 6.07) is 10.6. The molecule has 2 rings (SSSR count). The second-order valence-electron chi connectivity index (χ2n) is 4.16. The Morgan fingerprint density at radius 3 is 2.53 bits per heavy atom. The largest absolute Gasteiger partial charge is 0.377 e. The van der Waals surface area contributed by atoms with Crippen LogP contribution >= 0.6 is 43.5 Å². The third-order valence-corrected chi connectivity index (χ3v) is 4.16. The van der Waals surface area contributed by atoms with Crippen molar-refractivity contribution in [2.45, 2.75) is 13.0 Å². The molecule has 0 saturated heterocycles. The minimum absolute atomic E-state index is 0.0237. The van der Waals surface area contributed by atoms with Gasteiger partial charge >= 0.3 is 0 Å². The first-order chi connectivity index (χ1) is 8.97. The van der Waals surface area contributed by atoms with Gasteiger partial charge in [-0.05, 0) is 58.7 Å². The first-order valence-corrected chi connectivity index (χ1v) is 7.60. The van der Waals surface area contributed by atoms with Crippen molar-refractivity contribution < 1.29 is 4.39 Å². The highest BCUT2D eigenvalue weighted by atomic mass is 79.9. The van der Waals surface area contributed by atoms with Crippen LogP contribution in [0, 0.1) is 5.82 Å². The Bertz CT molecular complexity index is 604. The summed E-state index contributed by atoms with van der Waals surface area (Å²) in [6.07, 6.45) is 0. The van der Waals surface area contributed by atoms with Crippen LogP contribution in [0.5, 0.6) is 0 Å². The summed E-state index contributed by atoms with van der Waals surface area (Å²) in [5, 5.41) is 3.95. The van der Waals surface area contributed by atoms with Crippen LogP contribution in [0.3, 0.4) is 0 Å². The van der Waals surface area contributed by atoms with Gasteiger partial charge in [0.2, 0.25) is 0 Å². The Kier molecular flexibility index (Phi) is 4.87. The summed E-state index contributed by atoms with van der Waals surface area (Å²) < 4.78 is 14.6. The van der Waals surface area contributed by atoms with Crippen LogP contribution in [0.4, 0.5) is 10.1 Å². The van der Waals surface area contributed by atoms with Gasteiger partial charge in [0.25, 0.3) is 0 Å². The molecule has 0 aliphatic carbocycles. The zero-order valence-electron chi connectivity index (χ0n) is 10.1. The SMILES string of the molecule is CC(Nc1ccc(Br)cc1Cl)c1ccc(F)c(Br)c1. The highest BCUT2D eigenvalue weighted by Crippen LogP contribution is 2.30. The topological polar surface area (TPSA) is 12.0 Å². The van der Waals surface area contributed by atoms with Crippen molar-refractivity contribution in [3.05, 3.63) is 61.7 Å². The van der Waals surface area contributed by atoms with Crippen LogP contribution in [-0.4, -0.2) is 0 Å². The monoisotopic (exact) mass is 405 g/mol. The molecule has 0 saturated carbocycles. The van der Waals surface area contributed by atoms with E-state index in [1.807, 2.05) is 25.1 Å². The lowest BCUT2D eigenvalue weighted by Crippen LogP contribution is -2.07. The van der Waals surface area contributed by atoms with Gasteiger partial charge in [-0.15, -0.1) is 0 Å². The molecule has 1 nitrogen and oxygen atoms in total. The van der Waals surface area contributed by atoms with E-state index in [1.54, 1.807) is 12.1 Å². The van der Waals surface area contributed by atoms with Crippen molar-refractivity contribution in [2.24, 2.45) is 0 Å². The molecule has 0 amide bonds. The van der Waals surface area contributed by atoms with Gasteiger partial charge in [-0.2, -0.15) is 0 Å². The zero-order valence-corrected chi connectivity index (χ0v) is 14.0. The second kappa shape index (κ2) is 6.25. The van der Waals surface area contributed by atoms with Gasteiger partial charge in [0.15, 0.2) is 0 Å². The fraction of sp³-hybridized carbons (Fsp3) is 0.143. The molecule has 0 aliphatic heterocycles. The van der Waals surface area contributed by atoms with Crippen LogP contribution in [0.25, 0.3) is 0 Å². The van der Waals surface area contributed by atoms with Gasteiger partial charge in [-0.3, -0.25) is 0 Å². The third-order valence-electron chi connectivity index (χ3n) is 2.75. The predicted molar refractivity (Wildman–Crippen MR) is 85.3 cm³/mol. The Morgan fingerprint density at radius 1 is 1.16 bits per heavy atom. The van der Waals surface area contributed by atoms with Gasteiger partial charge in [-0.1, -0.05) is 33.6 Å². The summed E-state index contributed by atoms with van der Waals surface area (Å²) in [5.74, 6) is -0.266. The smallest absolute Gasteiger partial charge is 0.137 e. The van der Waals surface area contributed by atoms with Crippen molar-refractivity contribution in [3.8, 4) is 0 Å². The maximum atomic E-state index is 13.2. The van der Waals surface area contributed by atoms with Crippen LogP contribution in [0.15, 0.2) is 45.3 Å². The lowest BCUT2D eigenvalue weighted by Gasteiger charge is -2.17. The molecule has 1 unspecified atom stereocenters. The number of halogens is 4. The van der Waals surface area contributed by atoms with Gasteiger partial charge in [0.05, 0.1) is 15.2 Å². The van der Waals surface area contributed by atoms with E-state index in [-0.39, 0.29) is 11.9 Å². The average Bonchev–Trinajstić information content (AvgIpc) is 2.36. The van der Waals surface area contributed by atoms with E-state index in [4.69, 9.17) is 11.6 Å². The molecule has 0 fully saturated rings. The summed E-state index contributed by atoms with van der Waals surface area (Å²) in [4.78, 5) is 0. The molecule has 1 atom stereocenters. The summed E-state index contributed by atoms with van der Waals surface area (Å²) >= 11 is 12.7. The quantitative estimate of drug-likeness (QED) is 0.641. The molecule has 2 aromatic rings. The summed E-state index contributed by atoms with van der Waals surface area (Å²) in [6.45, 7) is 2.00. The molecule has 0 aliphatic rings. The molecule has 2 aromatic carbocycles. The van der Waals surface area contributed by atoms with Crippen LogP contribution in [0.1, 0.15) is 18.5 Å². The molecule has 0 radical (unpaired) electrons. The first-order valence-electron chi connectivity index (χ1n) is 5.64. The molecule has 0 aromatic heterocycles. The predicted octanol–water partition coefficient (Wildman–Crippen LogP) is 6.18. The highest BCUT2D eigenvalue weighted by Gasteiger charge is 2.10. The minimum atomic E-state index is -0.266. The standard InChI is InChI=1S/C14H11Br2ClFN/c1-8(9-2-4-13(18)11(16)6-9)19-14-5-3-10(15)7-12(14)17/h2-8,19H,1H3. The molecule has 0 spiro atoms. The van der Waals surface area contributed by atoms with Gasteiger partial charge in [0, 0.05) is 10.5 Å². The number of anilines is 1. The van der Waals surface area contributed by atoms with Gasteiger partial charge < -0.3 is 5.32 Å². The minimum Gasteiger partial charge on any atom is -0.377 e. The van der Waals surface area contributed by atoms with Crippen LogP contribution < -0.4 is 5.32 Å². The Balaban J connectivity index is 2.20. The normalized spacial score (nSPS) is 12.3. The van der Waals surface area contributed by atoms with Crippen molar-refractivity contribution in [1.82, 2.24) is 0 Å². The van der Waals surface area contributed by atoms with E-state index in [9.17, 15) is 4.39 Å². The molecule has 100 valence electrons. The number of hydrogen-bond donors (Lipinski definition) is 1. The maximum Gasteiger partial charge on any atom is 0.137 e. The van der Waals surface area contributed by atoms with Crippen molar-refractivity contribution >= 4 is 49.1 Å². The highest BCUT2D eigenvalue weighted by molar-refractivity contribution is 9.10. The fourth-order valence-corrected chi connectivity index (χ4v) is 2.83. The fourth-order valence-electron chi connectivity index (χ4n) is 1.70. The lowest BCUT2D eigenvalue weighted by molar-refractivity contribution is 0.619.